The number of ether oxygens (including phenoxy) is 1. The highest BCUT2D eigenvalue weighted by atomic mass is 32.2. The predicted molar refractivity (Wildman–Crippen MR) is 109 cm³/mol. The lowest BCUT2D eigenvalue weighted by Crippen LogP contribution is -2.36. The first-order valence-electron chi connectivity index (χ1n) is 8.54. The normalized spacial score (nSPS) is 14.8. The molecule has 0 atom stereocenters. The van der Waals surface area contributed by atoms with E-state index in [0.29, 0.717) is 23.1 Å². The molecule has 10 heteroatoms. The molecule has 0 unspecified atom stereocenters. The summed E-state index contributed by atoms with van der Waals surface area (Å²) in [4.78, 5) is 49.0. The Bertz CT molecular complexity index is 1080. The molecule has 0 aliphatic carbocycles. The molecular weight excluding hydrogens is 412 g/mol. The lowest BCUT2D eigenvalue weighted by Gasteiger charge is -2.13. The lowest BCUT2D eigenvalue weighted by atomic mass is 10.2. The van der Waals surface area contributed by atoms with Crippen molar-refractivity contribution in [1.82, 2.24) is 4.90 Å². The molecule has 0 radical (unpaired) electrons. The molecule has 0 bridgehead atoms. The maximum atomic E-state index is 12.5. The molecule has 3 amide bonds. The van der Waals surface area contributed by atoms with Gasteiger partial charge in [-0.1, -0.05) is 12.1 Å². The van der Waals surface area contributed by atoms with E-state index in [1.54, 1.807) is 24.3 Å². The average molecular weight is 428 g/mol. The van der Waals surface area contributed by atoms with Crippen molar-refractivity contribution in [2.75, 3.05) is 19.0 Å². The first kappa shape index (κ1) is 20.9. The highest BCUT2D eigenvalue weighted by Crippen LogP contribution is 2.32. The van der Waals surface area contributed by atoms with Crippen molar-refractivity contribution in [3.63, 3.8) is 0 Å². The fourth-order valence-corrected chi connectivity index (χ4v) is 3.49. The zero-order chi connectivity index (χ0) is 21.8. The van der Waals surface area contributed by atoms with Gasteiger partial charge in [0.2, 0.25) is 5.91 Å². The van der Waals surface area contributed by atoms with Gasteiger partial charge < -0.3 is 20.3 Å². The van der Waals surface area contributed by atoms with E-state index in [1.165, 1.54) is 19.3 Å². The lowest BCUT2D eigenvalue weighted by molar-refractivity contribution is -0.127. The second kappa shape index (κ2) is 8.70. The van der Waals surface area contributed by atoms with E-state index in [2.05, 4.69) is 5.32 Å². The number of nitrogens with one attached hydrogen (secondary N) is 1. The Kier molecular flexibility index (Phi) is 6.07. The van der Waals surface area contributed by atoms with Crippen molar-refractivity contribution < 1.29 is 34.1 Å². The van der Waals surface area contributed by atoms with Gasteiger partial charge in [-0.2, -0.15) is 0 Å². The number of methoxy groups -OCH3 is 1. The van der Waals surface area contributed by atoms with Gasteiger partial charge in [-0.15, -0.1) is 0 Å². The maximum absolute atomic E-state index is 12.5. The Balaban J connectivity index is 1.71. The average Bonchev–Trinajstić information content (AvgIpc) is 2.96. The van der Waals surface area contributed by atoms with Crippen LogP contribution in [-0.2, 0) is 9.59 Å². The van der Waals surface area contributed by atoms with Crippen molar-refractivity contribution >= 4 is 46.5 Å². The largest absolute Gasteiger partial charge is 0.507 e. The van der Waals surface area contributed by atoms with Gasteiger partial charge in [0.05, 0.1) is 12.0 Å². The minimum absolute atomic E-state index is 0.106. The van der Waals surface area contributed by atoms with Crippen LogP contribution >= 0.6 is 11.8 Å². The van der Waals surface area contributed by atoms with Gasteiger partial charge in [0, 0.05) is 5.69 Å². The molecule has 30 heavy (non-hydrogen) atoms. The number of imide groups is 1. The number of aromatic hydroxyl groups is 1. The van der Waals surface area contributed by atoms with Crippen molar-refractivity contribution in [2.45, 2.75) is 0 Å². The van der Waals surface area contributed by atoms with Crippen molar-refractivity contribution in [3.8, 4) is 11.5 Å². The smallest absolute Gasteiger partial charge is 0.339 e. The summed E-state index contributed by atoms with van der Waals surface area (Å²) in [5, 5.41) is 20.3. The summed E-state index contributed by atoms with van der Waals surface area (Å²) >= 11 is 0.714. The van der Waals surface area contributed by atoms with Crippen LogP contribution in [0.5, 0.6) is 11.5 Å². The molecule has 1 heterocycles. The monoisotopic (exact) mass is 428 g/mol. The Labute approximate surface area is 174 Å². The summed E-state index contributed by atoms with van der Waals surface area (Å²) in [6, 6.07) is 10.4. The number of rotatable bonds is 6. The highest BCUT2D eigenvalue weighted by molar-refractivity contribution is 8.18. The molecule has 0 saturated carbocycles. The predicted octanol–water partition coefficient (Wildman–Crippen LogP) is 2.77. The number of benzene rings is 2. The van der Waals surface area contributed by atoms with E-state index < -0.39 is 35.3 Å². The highest BCUT2D eigenvalue weighted by Gasteiger charge is 2.36. The molecule has 0 spiro atoms. The molecule has 1 aliphatic rings. The topological polar surface area (TPSA) is 133 Å². The van der Waals surface area contributed by atoms with Crippen LogP contribution in [0.1, 0.15) is 15.9 Å². The van der Waals surface area contributed by atoms with Crippen molar-refractivity contribution in [1.29, 1.82) is 0 Å². The fourth-order valence-electron chi connectivity index (χ4n) is 2.65. The van der Waals surface area contributed by atoms with Crippen LogP contribution in [0.25, 0.3) is 6.08 Å². The number of thioether (sulfide) groups is 1. The number of aromatic carboxylic acids is 1. The van der Waals surface area contributed by atoms with Crippen LogP contribution in [0.3, 0.4) is 0 Å². The van der Waals surface area contributed by atoms with Crippen LogP contribution in [0.15, 0.2) is 47.4 Å². The van der Waals surface area contributed by atoms with Crippen LogP contribution in [0, 0.1) is 0 Å². The molecule has 1 fully saturated rings. The van der Waals surface area contributed by atoms with E-state index >= 15 is 0 Å². The quantitative estimate of drug-likeness (QED) is 0.472. The van der Waals surface area contributed by atoms with E-state index in [9.17, 15) is 24.3 Å². The molecule has 1 aliphatic heterocycles. The SMILES string of the molecule is COc1cccc(/C=C2\SC(=O)N(CC(=O)Nc3ccc(O)c(C(=O)O)c3)C2=O)c1. The van der Waals surface area contributed by atoms with E-state index in [-0.39, 0.29) is 16.2 Å². The van der Waals surface area contributed by atoms with Gasteiger partial charge in [0.1, 0.15) is 23.6 Å². The summed E-state index contributed by atoms with van der Waals surface area (Å²) in [6.45, 7) is -0.538. The number of hydrogen-bond donors (Lipinski definition) is 3. The summed E-state index contributed by atoms with van der Waals surface area (Å²) in [6.07, 6.45) is 1.53. The second-order valence-electron chi connectivity index (χ2n) is 6.13. The number of anilines is 1. The Morgan fingerprint density at radius 2 is 1.97 bits per heavy atom. The number of amides is 3. The van der Waals surface area contributed by atoms with Crippen LogP contribution in [-0.4, -0.2) is 51.8 Å². The molecule has 154 valence electrons. The number of phenols is 1. The number of hydrogen-bond acceptors (Lipinski definition) is 7. The summed E-state index contributed by atoms with van der Waals surface area (Å²) in [5.41, 5.74) is 0.379. The van der Waals surface area contributed by atoms with Crippen molar-refractivity contribution in [2.24, 2.45) is 0 Å². The first-order chi connectivity index (χ1) is 14.3. The third kappa shape index (κ3) is 4.61. The molecule has 3 rings (SSSR count). The molecule has 1 saturated heterocycles. The summed E-state index contributed by atoms with van der Waals surface area (Å²) < 4.78 is 5.12. The zero-order valence-electron chi connectivity index (χ0n) is 15.6. The number of carboxylic acid groups (broad SMARTS) is 1. The standard InChI is InChI=1S/C20H16N2O7S/c1-29-13-4-2-3-11(7-13)8-16-18(25)22(20(28)30-16)10-17(24)21-12-5-6-15(23)14(9-12)19(26)27/h2-9,23H,10H2,1H3,(H,21,24)(H,26,27)/b16-8-. The minimum atomic E-state index is -1.36. The minimum Gasteiger partial charge on any atom is -0.507 e. The van der Waals surface area contributed by atoms with Crippen molar-refractivity contribution in [3.05, 3.63) is 58.5 Å². The molecular formula is C20H16N2O7S. The Morgan fingerprint density at radius 3 is 2.67 bits per heavy atom. The Morgan fingerprint density at radius 1 is 1.20 bits per heavy atom. The first-order valence-corrected chi connectivity index (χ1v) is 9.35. The van der Waals surface area contributed by atoms with Gasteiger partial charge in [0.15, 0.2) is 0 Å². The van der Waals surface area contributed by atoms with Gasteiger partial charge in [0.25, 0.3) is 11.1 Å². The maximum Gasteiger partial charge on any atom is 0.339 e. The van der Waals surface area contributed by atoms with Crippen LogP contribution in [0.4, 0.5) is 10.5 Å². The molecule has 3 N–H and O–H groups in total. The molecule has 2 aromatic rings. The van der Waals surface area contributed by atoms with Gasteiger partial charge in [-0.25, -0.2) is 4.79 Å². The molecule has 0 aromatic heterocycles. The van der Waals surface area contributed by atoms with Gasteiger partial charge in [-0.05, 0) is 53.7 Å². The number of carbonyl (C=O) groups excluding carboxylic acids is 3. The molecule has 9 nitrogen and oxygen atoms in total. The van der Waals surface area contributed by atoms with E-state index in [1.807, 2.05) is 0 Å². The third-order valence-corrected chi connectivity index (χ3v) is 4.98. The third-order valence-electron chi connectivity index (χ3n) is 4.08. The number of carbonyl (C=O) groups is 4. The number of carboxylic acids is 1. The zero-order valence-corrected chi connectivity index (χ0v) is 16.4. The van der Waals surface area contributed by atoms with E-state index in [0.717, 1.165) is 17.0 Å². The second-order valence-corrected chi connectivity index (χ2v) is 7.12. The van der Waals surface area contributed by atoms with Crippen LogP contribution in [0.2, 0.25) is 0 Å². The number of nitrogens with zero attached hydrogens (tertiary/aromatic N) is 1. The fraction of sp³-hybridized carbons (Fsp3) is 0.100. The van der Waals surface area contributed by atoms with Gasteiger partial charge >= 0.3 is 5.97 Å². The summed E-state index contributed by atoms with van der Waals surface area (Å²) in [5.74, 6) is -2.52. The summed E-state index contributed by atoms with van der Waals surface area (Å²) in [7, 11) is 1.51. The molecule has 2 aromatic carbocycles. The van der Waals surface area contributed by atoms with E-state index in [4.69, 9.17) is 9.84 Å². The van der Waals surface area contributed by atoms with Gasteiger partial charge in [-0.3, -0.25) is 19.3 Å². The van der Waals surface area contributed by atoms with Crippen LogP contribution < -0.4 is 10.1 Å². The Hall–Kier alpha value is -3.79.